The van der Waals surface area contributed by atoms with Gasteiger partial charge in [0.2, 0.25) is 5.82 Å². The Morgan fingerprint density at radius 2 is 1.47 bits per heavy atom. The lowest BCUT2D eigenvalue weighted by Gasteiger charge is -2.32. The van der Waals surface area contributed by atoms with Crippen LogP contribution in [0, 0.1) is 41.2 Å². The monoisotopic (exact) mass is 618 g/mol. The summed E-state index contributed by atoms with van der Waals surface area (Å²) < 4.78 is 100. The SMILES string of the molecule is C[C@H]1[C@@H](c2ccc(F)c(F)c2OCCN2C[C@H]3COC[C@H]3C2)[C@H](C(=O)OCCN2C[C@H]3COC[C@H]3C2)O[C@@]1(C)C(F)(F)F. The Bertz CT molecular complexity index is 1160. The van der Waals surface area contributed by atoms with Gasteiger partial charge in [0.05, 0.1) is 26.4 Å². The Hall–Kier alpha value is -2.06. The summed E-state index contributed by atoms with van der Waals surface area (Å²) in [5, 5.41) is 0. The zero-order chi connectivity index (χ0) is 30.5. The van der Waals surface area contributed by atoms with E-state index in [2.05, 4.69) is 9.80 Å². The topological polar surface area (TPSA) is 69.7 Å². The van der Waals surface area contributed by atoms with E-state index in [9.17, 15) is 22.4 Å². The van der Waals surface area contributed by atoms with Crippen LogP contribution in [0.25, 0.3) is 0 Å². The fourth-order valence-corrected chi connectivity index (χ4v) is 7.53. The van der Waals surface area contributed by atoms with Crippen LogP contribution in [0.15, 0.2) is 12.1 Å². The Morgan fingerprint density at radius 1 is 0.930 bits per heavy atom. The maximum absolute atomic E-state index is 15.2. The van der Waals surface area contributed by atoms with Crippen molar-refractivity contribution < 1.29 is 50.4 Å². The van der Waals surface area contributed by atoms with Crippen molar-refractivity contribution in [1.29, 1.82) is 0 Å². The second-order valence-corrected chi connectivity index (χ2v) is 12.9. The molecule has 5 aliphatic rings. The first-order chi connectivity index (χ1) is 20.5. The lowest BCUT2D eigenvalue weighted by Crippen LogP contribution is -2.47. The number of likely N-dealkylation sites (tertiary alicyclic amines) is 2. The van der Waals surface area contributed by atoms with Crippen LogP contribution in [-0.4, -0.2) is 113 Å². The molecule has 5 aliphatic heterocycles. The van der Waals surface area contributed by atoms with E-state index in [0.29, 0.717) is 63.2 Å². The minimum absolute atomic E-state index is 0.00978. The Kier molecular flexibility index (Phi) is 8.66. The number of esters is 1. The number of hydrogen-bond acceptors (Lipinski definition) is 8. The minimum Gasteiger partial charge on any atom is -0.489 e. The first kappa shape index (κ1) is 30.9. The highest BCUT2D eigenvalue weighted by Gasteiger charge is 2.66. The molecule has 0 N–H and O–H groups in total. The summed E-state index contributed by atoms with van der Waals surface area (Å²) in [5.74, 6) is -4.93. The summed E-state index contributed by atoms with van der Waals surface area (Å²) in [6, 6.07) is 2.02. The fourth-order valence-electron chi connectivity index (χ4n) is 7.53. The van der Waals surface area contributed by atoms with E-state index < -0.39 is 53.1 Å². The molecule has 8 nitrogen and oxygen atoms in total. The average molecular weight is 619 g/mol. The molecule has 0 bridgehead atoms. The molecule has 0 saturated carbocycles. The van der Waals surface area contributed by atoms with Gasteiger partial charge < -0.3 is 23.7 Å². The predicted octanol–water partition coefficient (Wildman–Crippen LogP) is 3.48. The van der Waals surface area contributed by atoms with Crippen LogP contribution in [0.1, 0.15) is 25.3 Å². The number of fused-ring (bicyclic) bond motifs is 2. The predicted molar refractivity (Wildman–Crippen MR) is 143 cm³/mol. The third kappa shape index (κ3) is 5.87. The zero-order valence-electron chi connectivity index (χ0n) is 24.4. The third-order valence-corrected chi connectivity index (χ3v) is 10.3. The van der Waals surface area contributed by atoms with Crippen LogP contribution in [-0.2, 0) is 23.7 Å². The highest BCUT2D eigenvalue weighted by atomic mass is 19.4. The molecule has 0 spiro atoms. The van der Waals surface area contributed by atoms with Crippen molar-refractivity contribution in [3.63, 3.8) is 0 Å². The number of benzene rings is 1. The molecule has 5 heterocycles. The van der Waals surface area contributed by atoms with Gasteiger partial charge in [0, 0.05) is 80.3 Å². The van der Waals surface area contributed by atoms with Crippen LogP contribution in [0.2, 0.25) is 0 Å². The van der Waals surface area contributed by atoms with Gasteiger partial charge in [-0.25, -0.2) is 9.18 Å². The van der Waals surface area contributed by atoms with E-state index in [1.807, 2.05) is 0 Å². The first-order valence-corrected chi connectivity index (χ1v) is 15.1. The van der Waals surface area contributed by atoms with Crippen molar-refractivity contribution in [2.75, 3.05) is 78.9 Å². The molecule has 8 atom stereocenters. The standard InChI is InChI=1S/C30H39F5N2O6/c1-17-24(22-3-4-23(31)25(32)26(22)41-7-5-36-9-18-13-39-14-19(18)10-36)27(43-29(17,2)30(33,34)35)28(38)42-8-6-37-11-20-15-40-16-21(20)12-37/h3-4,17-21,24,27H,5-16H2,1-2H3/t17-,18-,19+,20-,21+,24-,27+,29+/m0/s1. The third-order valence-electron chi connectivity index (χ3n) is 10.3. The quantitative estimate of drug-likeness (QED) is 0.308. The van der Waals surface area contributed by atoms with Crippen molar-refractivity contribution in [3.8, 4) is 5.75 Å². The molecule has 0 aliphatic carbocycles. The summed E-state index contributed by atoms with van der Waals surface area (Å²) in [6.45, 7) is 8.93. The summed E-state index contributed by atoms with van der Waals surface area (Å²) in [4.78, 5) is 17.6. The van der Waals surface area contributed by atoms with Gasteiger partial charge in [-0.1, -0.05) is 13.0 Å². The second-order valence-electron chi connectivity index (χ2n) is 12.9. The molecule has 13 heteroatoms. The number of nitrogens with zero attached hydrogens (tertiary/aromatic N) is 2. The van der Waals surface area contributed by atoms with Gasteiger partial charge in [-0.3, -0.25) is 9.80 Å². The van der Waals surface area contributed by atoms with Crippen LogP contribution in [0.3, 0.4) is 0 Å². The number of halogens is 5. The fraction of sp³-hybridized carbons (Fsp3) is 0.767. The minimum atomic E-state index is -4.84. The molecule has 0 radical (unpaired) electrons. The maximum atomic E-state index is 15.2. The van der Waals surface area contributed by atoms with Crippen LogP contribution in [0.4, 0.5) is 22.0 Å². The number of ether oxygens (including phenoxy) is 5. The van der Waals surface area contributed by atoms with E-state index >= 15 is 4.39 Å². The van der Waals surface area contributed by atoms with E-state index in [4.69, 9.17) is 23.7 Å². The van der Waals surface area contributed by atoms with Crippen molar-refractivity contribution in [2.24, 2.45) is 29.6 Å². The van der Waals surface area contributed by atoms with Crippen molar-refractivity contribution >= 4 is 5.97 Å². The van der Waals surface area contributed by atoms with Gasteiger partial charge in [0.1, 0.15) is 13.2 Å². The molecular weight excluding hydrogens is 579 g/mol. The summed E-state index contributed by atoms with van der Waals surface area (Å²) in [6.07, 6.45) is -6.54. The molecule has 0 unspecified atom stereocenters. The summed E-state index contributed by atoms with van der Waals surface area (Å²) >= 11 is 0. The normalized spacial score (nSPS) is 36.3. The molecule has 240 valence electrons. The van der Waals surface area contributed by atoms with Gasteiger partial charge >= 0.3 is 12.1 Å². The molecule has 5 fully saturated rings. The number of alkyl halides is 3. The van der Waals surface area contributed by atoms with Crippen molar-refractivity contribution in [3.05, 3.63) is 29.3 Å². The van der Waals surface area contributed by atoms with E-state index in [1.165, 1.54) is 13.0 Å². The molecular formula is C30H39F5N2O6. The summed E-state index contributed by atoms with van der Waals surface area (Å²) in [7, 11) is 0. The summed E-state index contributed by atoms with van der Waals surface area (Å²) in [5.41, 5.74) is -2.79. The molecule has 6 rings (SSSR count). The van der Waals surface area contributed by atoms with Gasteiger partial charge in [-0.2, -0.15) is 17.6 Å². The number of carbonyl (C=O) groups is 1. The van der Waals surface area contributed by atoms with Gasteiger partial charge in [0.15, 0.2) is 23.3 Å². The second kappa shape index (κ2) is 12.0. The van der Waals surface area contributed by atoms with Gasteiger partial charge in [-0.05, 0) is 13.0 Å². The molecule has 5 saturated heterocycles. The number of hydrogen-bond donors (Lipinski definition) is 0. The van der Waals surface area contributed by atoms with Crippen molar-refractivity contribution in [1.82, 2.24) is 9.80 Å². The average Bonchev–Trinajstić information content (AvgIpc) is 3.75. The largest absolute Gasteiger partial charge is 0.489 e. The highest BCUT2D eigenvalue weighted by Crippen LogP contribution is 2.55. The maximum Gasteiger partial charge on any atom is 0.417 e. The smallest absolute Gasteiger partial charge is 0.417 e. The van der Waals surface area contributed by atoms with Crippen LogP contribution < -0.4 is 4.74 Å². The van der Waals surface area contributed by atoms with Crippen LogP contribution in [0.5, 0.6) is 5.75 Å². The Labute approximate surface area is 247 Å². The molecule has 43 heavy (non-hydrogen) atoms. The van der Waals surface area contributed by atoms with E-state index in [0.717, 1.165) is 39.2 Å². The lowest BCUT2D eigenvalue weighted by molar-refractivity contribution is -0.274. The number of rotatable bonds is 9. The highest BCUT2D eigenvalue weighted by molar-refractivity contribution is 5.77. The Balaban J connectivity index is 1.18. The molecule has 0 aromatic heterocycles. The zero-order valence-corrected chi connectivity index (χ0v) is 24.4. The molecule has 1 aromatic carbocycles. The van der Waals surface area contributed by atoms with Gasteiger partial charge in [-0.15, -0.1) is 0 Å². The number of carbonyl (C=O) groups excluding carboxylic acids is 1. The molecule has 0 amide bonds. The van der Waals surface area contributed by atoms with Gasteiger partial charge in [0.25, 0.3) is 0 Å². The van der Waals surface area contributed by atoms with Crippen molar-refractivity contribution in [2.45, 2.75) is 37.6 Å². The lowest BCUT2D eigenvalue weighted by atomic mass is 9.77. The van der Waals surface area contributed by atoms with E-state index in [1.54, 1.807) is 0 Å². The molecule has 1 aromatic rings. The first-order valence-electron chi connectivity index (χ1n) is 15.1. The van der Waals surface area contributed by atoms with Crippen LogP contribution >= 0.6 is 0 Å². The van der Waals surface area contributed by atoms with E-state index in [-0.39, 0.29) is 18.8 Å². The Morgan fingerprint density at radius 3 is 2.00 bits per heavy atom.